The van der Waals surface area contributed by atoms with E-state index in [9.17, 15) is 4.79 Å². The maximum atomic E-state index is 13.1. The Hall–Kier alpha value is -3.05. The van der Waals surface area contributed by atoms with Crippen LogP contribution in [0.25, 0.3) is 0 Å². The van der Waals surface area contributed by atoms with Gasteiger partial charge in [-0.2, -0.15) is 0 Å². The third-order valence-corrected chi connectivity index (χ3v) is 4.80. The third-order valence-electron chi connectivity index (χ3n) is 4.56. The van der Waals surface area contributed by atoms with Crippen molar-refractivity contribution in [1.29, 1.82) is 0 Å². The first-order valence-corrected chi connectivity index (χ1v) is 8.91. The van der Waals surface area contributed by atoms with E-state index < -0.39 is 6.17 Å². The molecule has 5 nitrogen and oxygen atoms in total. The molecule has 6 heteroatoms. The van der Waals surface area contributed by atoms with Crippen LogP contribution in [0.3, 0.4) is 0 Å². The number of benzene rings is 2. The van der Waals surface area contributed by atoms with Crippen LogP contribution in [-0.4, -0.2) is 18.0 Å². The molecule has 1 N–H and O–H groups in total. The lowest BCUT2D eigenvalue weighted by atomic mass is 10.1. The summed E-state index contributed by atoms with van der Waals surface area (Å²) >= 11 is 6.17. The number of carbonyl (C=O) groups is 1. The number of anilines is 2. The normalized spacial score (nSPS) is 15.6. The fraction of sp³-hybridized carbons (Fsp3) is 0.143. The average Bonchev–Trinajstić information content (AvgIpc) is 2.94. The first-order chi connectivity index (χ1) is 13.1. The molecule has 0 saturated heterocycles. The van der Waals surface area contributed by atoms with Crippen molar-refractivity contribution < 1.29 is 9.53 Å². The van der Waals surface area contributed by atoms with Crippen molar-refractivity contribution in [3.63, 3.8) is 0 Å². The molecule has 2 heterocycles. The highest BCUT2D eigenvalue weighted by atomic mass is 35.5. The second kappa shape index (κ2) is 6.93. The predicted octanol–water partition coefficient (Wildman–Crippen LogP) is 4.82. The maximum Gasteiger partial charge on any atom is 0.261 e. The molecular weight excluding hydrogens is 362 g/mol. The lowest BCUT2D eigenvalue weighted by Crippen LogP contribution is -2.33. The lowest BCUT2D eigenvalue weighted by Gasteiger charge is -2.27. The molecular formula is C21H18ClN3O2. The van der Waals surface area contributed by atoms with E-state index in [1.54, 1.807) is 36.4 Å². The Morgan fingerprint density at radius 3 is 2.74 bits per heavy atom. The van der Waals surface area contributed by atoms with Gasteiger partial charge in [-0.25, -0.2) is 4.98 Å². The number of amides is 1. The Labute approximate surface area is 162 Å². The van der Waals surface area contributed by atoms with E-state index >= 15 is 0 Å². The first kappa shape index (κ1) is 17.4. The minimum absolute atomic E-state index is 0.0952. The van der Waals surface area contributed by atoms with Crippen LogP contribution in [0.1, 0.15) is 27.7 Å². The Morgan fingerprint density at radius 1 is 1.15 bits per heavy atom. The van der Waals surface area contributed by atoms with Gasteiger partial charge < -0.3 is 10.1 Å². The Bertz CT molecular complexity index is 1020. The van der Waals surface area contributed by atoms with Crippen molar-refractivity contribution >= 4 is 29.0 Å². The zero-order valence-electron chi connectivity index (χ0n) is 14.9. The molecule has 1 aliphatic rings. The number of fused-ring (bicyclic) bond motifs is 1. The zero-order valence-corrected chi connectivity index (χ0v) is 15.7. The summed E-state index contributed by atoms with van der Waals surface area (Å²) in [4.78, 5) is 19.2. The first-order valence-electron chi connectivity index (χ1n) is 8.53. The van der Waals surface area contributed by atoms with Gasteiger partial charge >= 0.3 is 0 Å². The van der Waals surface area contributed by atoms with E-state index in [-0.39, 0.29) is 5.91 Å². The van der Waals surface area contributed by atoms with Crippen molar-refractivity contribution in [1.82, 2.24) is 4.98 Å². The number of methoxy groups -OCH3 is 1. The summed E-state index contributed by atoms with van der Waals surface area (Å²) in [6, 6.07) is 16.7. The largest absolute Gasteiger partial charge is 0.495 e. The number of pyridine rings is 1. The van der Waals surface area contributed by atoms with Crippen molar-refractivity contribution in [2.45, 2.75) is 13.1 Å². The van der Waals surface area contributed by atoms with Crippen LogP contribution in [0.5, 0.6) is 5.75 Å². The fourth-order valence-electron chi connectivity index (χ4n) is 3.29. The van der Waals surface area contributed by atoms with Gasteiger partial charge in [-0.05, 0) is 48.9 Å². The molecule has 0 spiro atoms. The van der Waals surface area contributed by atoms with Crippen LogP contribution in [0.4, 0.5) is 11.5 Å². The maximum absolute atomic E-state index is 13.1. The molecule has 1 aromatic heterocycles. The van der Waals surface area contributed by atoms with E-state index in [4.69, 9.17) is 16.3 Å². The van der Waals surface area contributed by atoms with Gasteiger partial charge in [0.2, 0.25) is 0 Å². The molecule has 3 aromatic rings. The standard InChI is InChI=1S/C21H18ClN3O2/c1-13-9-10-23-19(11-13)25-20(15-5-3-4-6-16(15)21(25)26)24-17-12-14(22)7-8-18(17)27-2/h3-12,20,24H,1-2H3. The molecule has 27 heavy (non-hydrogen) atoms. The zero-order chi connectivity index (χ0) is 19.0. The quantitative estimate of drug-likeness (QED) is 0.705. The SMILES string of the molecule is COc1ccc(Cl)cc1NC1c2ccccc2C(=O)N1c1cc(C)ccn1. The molecule has 1 amide bonds. The van der Waals surface area contributed by atoms with Gasteiger partial charge in [-0.3, -0.25) is 9.69 Å². The number of aryl methyl sites for hydroxylation is 1. The van der Waals surface area contributed by atoms with Crippen LogP contribution in [-0.2, 0) is 0 Å². The lowest BCUT2D eigenvalue weighted by molar-refractivity contribution is 0.0992. The minimum atomic E-state index is -0.421. The van der Waals surface area contributed by atoms with Gasteiger partial charge in [0.05, 0.1) is 12.8 Å². The van der Waals surface area contributed by atoms with Gasteiger partial charge in [-0.15, -0.1) is 0 Å². The number of carbonyl (C=O) groups excluding carboxylic acids is 1. The van der Waals surface area contributed by atoms with Crippen LogP contribution < -0.4 is 15.0 Å². The number of nitrogens with zero attached hydrogens (tertiary/aromatic N) is 2. The van der Waals surface area contributed by atoms with Crippen molar-refractivity contribution in [2.24, 2.45) is 0 Å². The molecule has 1 aliphatic heterocycles. The van der Waals surface area contributed by atoms with Crippen LogP contribution in [0.2, 0.25) is 5.02 Å². The Balaban J connectivity index is 1.82. The highest BCUT2D eigenvalue weighted by Gasteiger charge is 2.38. The topological polar surface area (TPSA) is 54.5 Å². The molecule has 0 radical (unpaired) electrons. The van der Waals surface area contributed by atoms with Gasteiger partial charge in [0.15, 0.2) is 0 Å². The second-order valence-corrected chi connectivity index (χ2v) is 6.78. The van der Waals surface area contributed by atoms with Gasteiger partial charge in [0, 0.05) is 22.3 Å². The fourth-order valence-corrected chi connectivity index (χ4v) is 3.46. The van der Waals surface area contributed by atoms with Crippen LogP contribution >= 0.6 is 11.6 Å². The van der Waals surface area contributed by atoms with Gasteiger partial charge in [-0.1, -0.05) is 29.8 Å². The monoisotopic (exact) mass is 379 g/mol. The average molecular weight is 380 g/mol. The van der Waals surface area contributed by atoms with E-state index in [0.717, 1.165) is 11.1 Å². The number of aromatic nitrogens is 1. The molecule has 1 unspecified atom stereocenters. The Kier molecular flexibility index (Phi) is 4.46. The summed E-state index contributed by atoms with van der Waals surface area (Å²) in [5.74, 6) is 1.14. The molecule has 0 aliphatic carbocycles. The molecule has 4 rings (SSSR count). The molecule has 0 fully saturated rings. The highest BCUT2D eigenvalue weighted by molar-refractivity contribution is 6.31. The van der Waals surface area contributed by atoms with Crippen molar-refractivity contribution in [3.8, 4) is 5.75 Å². The van der Waals surface area contributed by atoms with Crippen LogP contribution in [0, 0.1) is 6.92 Å². The smallest absolute Gasteiger partial charge is 0.261 e. The Morgan fingerprint density at radius 2 is 1.96 bits per heavy atom. The van der Waals surface area contributed by atoms with E-state index in [1.807, 2.05) is 43.3 Å². The van der Waals surface area contributed by atoms with E-state index in [2.05, 4.69) is 10.3 Å². The second-order valence-electron chi connectivity index (χ2n) is 6.35. The summed E-state index contributed by atoms with van der Waals surface area (Å²) in [5.41, 5.74) is 3.27. The summed E-state index contributed by atoms with van der Waals surface area (Å²) in [7, 11) is 1.60. The minimum Gasteiger partial charge on any atom is -0.495 e. The molecule has 0 bridgehead atoms. The molecule has 2 aromatic carbocycles. The highest BCUT2D eigenvalue weighted by Crippen LogP contribution is 2.39. The number of rotatable bonds is 4. The number of hydrogen-bond donors (Lipinski definition) is 1. The number of halogens is 1. The predicted molar refractivity (Wildman–Crippen MR) is 107 cm³/mol. The number of hydrogen-bond acceptors (Lipinski definition) is 4. The molecule has 1 atom stereocenters. The van der Waals surface area contributed by atoms with Gasteiger partial charge in [0.25, 0.3) is 5.91 Å². The number of ether oxygens (including phenoxy) is 1. The van der Waals surface area contributed by atoms with Gasteiger partial charge in [0.1, 0.15) is 17.7 Å². The van der Waals surface area contributed by atoms with E-state index in [1.165, 1.54) is 0 Å². The summed E-state index contributed by atoms with van der Waals surface area (Å²) < 4.78 is 5.45. The summed E-state index contributed by atoms with van der Waals surface area (Å²) in [5, 5.41) is 3.99. The summed E-state index contributed by atoms with van der Waals surface area (Å²) in [6.07, 6.45) is 1.29. The van der Waals surface area contributed by atoms with Crippen LogP contribution in [0.15, 0.2) is 60.8 Å². The summed E-state index contributed by atoms with van der Waals surface area (Å²) in [6.45, 7) is 1.97. The third kappa shape index (κ3) is 3.11. The van der Waals surface area contributed by atoms with Crippen molar-refractivity contribution in [3.05, 3.63) is 82.5 Å². The van der Waals surface area contributed by atoms with E-state index in [0.29, 0.717) is 27.8 Å². The molecule has 136 valence electrons. The van der Waals surface area contributed by atoms with Crippen molar-refractivity contribution in [2.75, 3.05) is 17.3 Å². The molecule has 0 saturated carbocycles. The number of nitrogens with one attached hydrogen (secondary N) is 1.